The highest BCUT2D eigenvalue weighted by atomic mass is 16.6. The first-order chi connectivity index (χ1) is 16.9. The van der Waals surface area contributed by atoms with Gasteiger partial charge in [-0.3, -0.25) is 4.79 Å². The quantitative estimate of drug-likeness (QED) is 0.357. The highest BCUT2D eigenvalue weighted by Crippen LogP contribution is 2.37. The van der Waals surface area contributed by atoms with Gasteiger partial charge in [0.15, 0.2) is 0 Å². The number of hydrogen-bond acceptors (Lipinski definition) is 8. The summed E-state index contributed by atoms with van der Waals surface area (Å²) in [6, 6.07) is 12.4. The Bertz CT molecular complexity index is 1310. The van der Waals surface area contributed by atoms with Gasteiger partial charge in [0.2, 0.25) is 5.95 Å². The van der Waals surface area contributed by atoms with Gasteiger partial charge in [-0.2, -0.15) is 4.98 Å². The first kappa shape index (κ1) is 25.0. The van der Waals surface area contributed by atoms with E-state index in [1.165, 1.54) is 6.20 Å². The molecular weight excluding hydrogens is 458 g/mol. The number of carbonyl (C=O) groups excluding carboxylic acids is 2. The zero-order valence-electron chi connectivity index (χ0n) is 21.1. The fraction of sp³-hybridized carbons (Fsp3) is 0.333. The van der Waals surface area contributed by atoms with E-state index in [-0.39, 0.29) is 23.6 Å². The van der Waals surface area contributed by atoms with E-state index >= 15 is 0 Å². The van der Waals surface area contributed by atoms with Crippen LogP contribution in [0.4, 0.5) is 17.5 Å². The van der Waals surface area contributed by atoms with Crippen molar-refractivity contribution in [2.75, 3.05) is 17.2 Å². The van der Waals surface area contributed by atoms with E-state index < -0.39 is 11.1 Å². The number of carbonyl (C=O) groups is 2. The number of aromatic hydroxyl groups is 1. The molecule has 3 aromatic rings. The predicted molar refractivity (Wildman–Crippen MR) is 138 cm³/mol. The fourth-order valence-corrected chi connectivity index (χ4v) is 3.96. The molecule has 1 aliphatic rings. The topological polar surface area (TPSA) is 125 Å². The number of cyclic esters (lactones) is 1. The molecule has 0 spiro atoms. The Morgan fingerprint density at radius 2 is 1.89 bits per heavy atom. The molecule has 2 aromatic carbocycles. The zero-order valence-corrected chi connectivity index (χ0v) is 21.1. The maximum atomic E-state index is 12.9. The molecule has 9 heteroatoms. The number of phenols is 1. The highest BCUT2D eigenvalue weighted by Gasteiger charge is 2.37. The average Bonchev–Trinajstić information content (AvgIpc) is 3.02. The summed E-state index contributed by atoms with van der Waals surface area (Å²) in [6.07, 6.45) is 2.01. The summed E-state index contributed by atoms with van der Waals surface area (Å²) in [5, 5.41) is 19.4. The van der Waals surface area contributed by atoms with Gasteiger partial charge in [0.1, 0.15) is 22.7 Å². The van der Waals surface area contributed by atoms with Crippen molar-refractivity contribution in [3.63, 3.8) is 0 Å². The van der Waals surface area contributed by atoms with Crippen LogP contribution < -0.4 is 16.0 Å². The lowest BCUT2D eigenvalue weighted by molar-refractivity contribution is 0.00953. The summed E-state index contributed by atoms with van der Waals surface area (Å²) >= 11 is 0. The molecule has 0 saturated heterocycles. The van der Waals surface area contributed by atoms with Crippen molar-refractivity contribution in [2.45, 2.75) is 52.2 Å². The van der Waals surface area contributed by atoms with Crippen molar-refractivity contribution in [2.24, 2.45) is 0 Å². The van der Waals surface area contributed by atoms with Crippen molar-refractivity contribution < 1.29 is 19.4 Å². The summed E-state index contributed by atoms with van der Waals surface area (Å²) in [5.74, 6) is 0.231. The van der Waals surface area contributed by atoms with Crippen molar-refractivity contribution in [3.8, 4) is 5.75 Å². The van der Waals surface area contributed by atoms with Crippen molar-refractivity contribution >= 4 is 29.3 Å². The van der Waals surface area contributed by atoms with Gasteiger partial charge < -0.3 is 25.8 Å². The number of amides is 1. The number of para-hydroxylation sites is 1. The number of aromatic nitrogens is 2. The maximum Gasteiger partial charge on any atom is 0.339 e. The number of ether oxygens (including phenoxy) is 1. The van der Waals surface area contributed by atoms with E-state index in [1.807, 2.05) is 52.8 Å². The van der Waals surface area contributed by atoms with Gasteiger partial charge in [-0.1, -0.05) is 18.2 Å². The number of phenolic OH excluding ortho intramolecular Hbond substituents is 1. The summed E-state index contributed by atoms with van der Waals surface area (Å²) < 4.78 is 5.44. The number of fused-ring (bicyclic) bond motifs is 1. The third kappa shape index (κ3) is 5.56. The Labute approximate surface area is 210 Å². The number of rotatable bonds is 7. The molecule has 1 aliphatic heterocycles. The summed E-state index contributed by atoms with van der Waals surface area (Å²) in [7, 11) is 0. The second-order valence-corrected chi connectivity index (χ2v) is 10.3. The Hall–Kier alpha value is -4.14. The van der Waals surface area contributed by atoms with Gasteiger partial charge >= 0.3 is 5.97 Å². The van der Waals surface area contributed by atoms with E-state index in [2.05, 4.69) is 25.9 Å². The van der Waals surface area contributed by atoms with Gasteiger partial charge in [-0.25, -0.2) is 9.78 Å². The molecule has 4 rings (SSSR count). The van der Waals surface area contributed by atoms with Crippen LogP contribution in [-0.4, -0.2) is 39.0 Å². The van der Waals surface area contributed by atoms with Crippen molar-refractivity contribution in [1.29, 1.82) is 0 Å². The number of benzene rings is 2. The molecule has 0 saturated carbocycles. The van der Waals surface area contributed by atoms with Crippen LogP contribution in [0, 0.1) is 0 Å². The maximum absolute atomic E-state index is 12.9. The van der Waals surface area contributed by atoms with Gasteiger partial charge in [0.25, 0.3) is 5.91 Å². The Kier molecular flexibility index (Phi) is 6.58. The van der Waals surface area contributed by atoms with Gasteiger partial charge in [-0.15, -0.1) is 0 Å². The van der Waals surface area contributed by atoms with E-state index in [0.717, 1.165) is 11.1 Å². The summed E-state index contributed by atoms with van der Waals surface area (Å²) in [5.41, 5.74) is 1.93. The average molecular weight is 490 g/mol. The van der Waals surface area contributed by atoms with Crippen LogP contribution in [0.2, 0.25) is 0 Å². The Balaban J connectivity index is 1.58. The largest absolute Gasteiger partial charge is 0.508 e. The summed E-state index contributed by atoms with van der Waals surface area (Å²) in [6.45, 7) is 9.82. The lowest BCUT2D eigenvalue weighted by atomic mass is 9.95. The van der Waals surface area contributed by atoms with Crippen LogP contribution >= 0.6 is 0 Å². The van der Waals surface area contributed by atoms with Crippen LogP contribution in [-0.2, 0) is 16.8 Å². The van der Waals surface area contributed by atoms with Crippen LogP contribution in [0.5, 0.6) is 5.75 Å². The van der Waals surface area contributed by atoms with Crippen LogP contribution in [0.15, 0.2) is 48.7 Å². The fourth-order valence-electron chi connectivity index (χ4n) is 3.96. The number of anilines is 3. The lowest BCUT2D eigenvalue weighted by Crippen LogP contribution is -2.41. The number of nitrogens with zero attached hydrogens (tertiary/aromatic N) is 2. The summed E-state index contributed by atoms with van der Waals surface area (Å²) in [4.78, 5) is 33.9. The standard InChI is InChI=1S/C27H31N5O4/c1-26(2,3)32-23(34)19-15-29-25(31-22(19)28-13-12-16-8-6-7-9-21(16)33)30-17-10-11-18-20(14-17)27(4,5)36-24(18)35/h6-11,14-15,33H,12-13H2,1-5H3,(H,32,34)(H2,28,29,30,31). The van der Waals surface area contributed by atoms with Crippen LogP contribution in [0.3, 0.4) is 0 Å². The smallest absolute Gasteiger partial charge is 0.339 e. The van der Waals surface area contributed by atoms with Crippen molar-refractivity contribution in [3.05, 3.63) is 70.9 Å². The molecule has 0 radical (unpaired) electrons. The molecule has 0 bridgehead atoms. The third-order valence-corrected chi connectivity index (χ3v) is 5.69. The normalized spacial score (nSPS) is 14.1. The van der Waals surface area contributed by atoms with E-state index in [0.29, 0.717) is 35.6 Å². The minimum atomic E-state index is -0.727. The second kappa shape index (κ2) is 9.49. The molecule has 9 nitrogen and oxygen atoms in total. The first-order valence-electron chi connectivity index (χ1n) is 11.8. The van der Waals surface area contributed by atoms with E-state index in [1.54, 1.807) is 24.3 Å². The highest BCUT2D eigenvalue weighted by molar-refractivity contribution is 5.99. The van der Waals surface area contributed by atoms with Crippen LogP contribution in [0.25, 0.3) is 0 Å². The van der Waals surface area contributed by atoms with Crippen LogP contribution in [0.1, 0.15) is 66.5 Å². The SMILES string of the molecule is CC(C)(C)NC(=O)c1cnc(Nc2ccc3c(c2)C(C)(C)OC3=O)nc1NCCc1ccccc1O. The van der Waals surface area contributed by atoms with Gasteiger partial charge in [0, 0.05) is 29.5 Å². The second-order valence-electron chi connectivity index (χ2n) is 10.3. The Morgan fingerprint density at radius 1 is 1.14 bits per heavy atom. The Morgan fingerprint density at radius 3 is 2.61 bits per heavy atom. The third-order valence-electron chi connectivity index (χ3n) is 5.69. The minimum Gasteiger partial charge on any atom is -0.508 e. The molecule has 4 N–H and O–H groups in total. The van der Waals surface area contributed by atoms with E-state index in [9.17, 15) is 14.7 Å². The molecule has 1 aromatic heterocycles. The molecule has 0 atom stereocenters. The van der Waals surface area contributed by atoms with Gasteiger partial charge in [0.05, 0.1) is 5.56 Å². The number of hydrogen-bond donors (Lipinski definition) is 4. The number of esters is 1. The molecule has 1 amide bonds. The monoisotopic (exact) mass is 489 g/mol. The minimum absolute atomic E-state index is 0.219. The zero-order chi connectivity index (χ0) is 26.1. The molecule has 36 heavy (non-hydrogen) atoms. The van der Waals surface area contributed by atoms with Gasteiger partial charge in [-0.05, 0) is 70.9 Å². The predicted octanol–water partition coefficient (Wildman–Crippen LogP) is 4.51. The molecule has 0 unspecified atom stereocenters. The molecular formula is C27H31N5O4. The lowest BCUT2D eigenvalue weighted by Gasteiger charge is -2.21. The van der Waals surface area contributed by atoms with E-state index in [4.69, 9.17) is 4.74 Å². The molecule has 0 aliphatic carbocycles. The molecule has 2 heterocycles. The molecule has 0 fully saturated rings. The van der Waals surface area contributed by atoms with Crippen molar-refractivity contribution in [1.82, 2.24) is 15.3 Å². The first-order valence-corrected chi connectivity index (χ1v) is 11.8. The molecule has 188 valence electrons. The number of nitrogens with one attached hydrogen (secondary N) is 3.